The molecule has 0 fully saturated rings. The smallest absolute Gasteiger partial charge is 0.259 e. The number of hydrogen-bond acceptors (Lipinski definition) is 4. The van der Waals surface area contributed by atoms with E-state index in [0.29, 0.717) is 35.8 Å². The molecule has 6 heteroatoms. The van der Waals surface area contributed by atoms with E-state index in [1.165, 1.54) is 0 Å². The van der Waals surface area contributed by atoms with Crippen molar-refractivity contribution in [3.8, 4) is 5.75 Å². The molecule has 1 atom stereocenters. The number of ether oxygens (including phenoxy) is 2. The Morgan fingerprint density at radius 1 is 1.04 bits per heavy atom. The number of benzene rings is 2. The highest BCUT2D eigenvalue weighted by Crippen LogP contribution is 2.20. The molecule has 0 aliphatic heterocycles. The quantitative estimate of drug-likeness (QED) is 0.663. The second-order valence-electron chi connectivity index (χ2n) is 6.16. The van der Waals surface area contributed by atoms with E-state index < -0.39 is 0 Å². The third-order valence-electron chi connectivity index (χ3n) is 4.05. The molecule has 1 unspecified atom stereocenters. The van der Waals surface area contributed by atoms with Crippen molar-refractivity contribution in [1.82, 2.24) is 5.32 Å². The van der Waals surface area contributed by atoms with Crippen LogP contribution in [0.15, 0.2) is 48.5 Å². The Morgan fingerprint density at radius 3 is 2.56 bits per heavy atom. The largest absolute Gasteiger partial charge is 0.490 e. The molecular weight excluding hydrogens is 344 g/mol. The third-order valence-corrected chi connectivity index (χ3v) is 4.05. The highest BCUT2D eigenvalue weighted by Gasteiger charge is 2.14. The second-order valence-corrected chi connectivity index (χ2v) is 6.16. The number of para-hydroxylation sites is 1. The number of amides is 2. The highest BCUT2D eigenvalue weighted by molar-refractivity contribution is 6.06. The fourth-order valence-electron chi connectivity index (χ4n) is 2.36. The maximum absolute atomic E-state index is 12.6. The molecule has 0 bridgehead atoms. The Labute approximate surface area is 159 Å². The van der Waals surface area contributed by atoms with Crippen molar-refractivity contribution in [3.05, 3.63) is 59.7 Å². The maximum atomic E-state index is 12.6. The number of carbonyl (C=O) groups is 2. The molecule has 0 aliphatic rings. The van der Waals surface area contributed by atoms with Crippen LogP contribution in [0.2, 0.25) is 0 Å². The molecule has 0 radical (unpaired) electrons. The predicted octanol–water partition coefficient (Wildman–Crippen LogP) is 3.49. The van der Waals surface area contributed by atoms with Gasteiger partial charge in [0.15, 0.2) is 0 Å². The van der Waals surface area contributed by atoms with Gasteiger partial charge in [-0.05, 0) is 43.7 Å². The lowest BCUT2D eigenvalue weighted by molar-refractivity contribution is 0.0938. The van der Waals surface area contributed by atoms with Gasteiger partial charge >= 0.3 is 0 Å². The Kier molecular flexibility index (Phi) is 7.82. The van der Waals surface area contributed by atoms with Crippen LogP contribution in [0.4, 0.5) is 5.69 Å². The molecule has 2 amide bonds. The maximum Gasteiger partial charge on any atom is 0.259 e. The van der Waals surface area contributed by atoms with Crippen LogP contribution in [0.3, 0.4) is 0 Å². The minimum Gasteiger partial charge on any atom is -0.490 e. The van der Waals surface area contributed by atoms with Crippen LogP contribution in [0, 0.1) is 0 Å². The lowest BCUT2D eigenvalue weighted by Gasteiger charge is -2.13. The number of nitrogens with one attached hydrogen (secondary N) is 2. The number of carbonyl (C=O) groups excluding carboxylic acids is 2. The van der Waals surface area contributed by atoms with Crippen LogP contribution in [-0.4, -0.2) is 38.2 Å². The first kappa shape index (κ1) is 20.5. The summed E-state index contributed by atoms with van der Waals surface area (Å²) in [6.07, 6.45) is 0.849. The van der Waals surface area contributed by atoms with E-state index >= 15 is 0 Å². The number of rotatable bonds is 9. The number of anilines is 1. The molecule has 2 N–H and O–H groups in total. The molecule has 2 aromatic carbocycles. The summed E-state index contributed by atoms with van der Waals surface area (Å²) in [5.74, 6) is 0.0176. The van der Waals surface area contributed by atoms with Gasteiger partial charge in [0.1, 0.15) is 12.4 Å². The molecule has 2 rings (SSSR count). The zero-order chi connectivity index (χ0) is 19.6. The third kappa shape index (κ3) is 6.11. The van der Waals surface area contributed by atoms with Crippen LogP contribution in [-0.2, 0) is 4.74 Å². The molecular formula is C21H26N2O4. The minimum atomic E-state index is -0.303. The van der Waals surface area contributed by atoms with Gasteiger partial charge in [-0.3, -0.25) is 9.59 Å². The first-order valence-electron chi connectivity index (χ1n) is 8.98. The van der Waals surface area contributed by atoms with E-state index in [1.807, 2.05) is 13.8 Å². The summed E-state index contributed by atoms with van der Waals surface area (Å²) in [7, 11) is 1.59. The van der Waals surface area contributed by atoms with Gasteiger partial charge < -0.3 is 20.1 Å². The van der Waals surface area contributed by atoms with Gasteiger partial charge in [0.2, 0.25) is 0 Å². The summed E-state index contributed by atoms with van der Waals surface area (Å²) in [5, 5.41) is 5.73. The predicted molar refractivity (Wildman–Crippen MR) is 105 cm³/mol. The zero-order valence-corrected chi connectivity index (χ0v) is 16.0. The first-order valence-corrected chi connectivity index (χ1v) is 8.98. The summed E-state index contributed by atoms with van der Waals surface area (Å²) < 4.78 is 10.6. The molecule has 27 heavy (non-hydrogen) atoms. The Balaban J connectivity index is 2.10. The van der Waals surface area contributed by atoms with Crippen molar-refractivity contribution in [3.63, 3.8) is 0 Å². The summed E-state index contributed by atoms with van der Waals surface area (Å²) in [6, 6.07) is 13.9. The van der Waals surface area contributed by atoms with Gasteiger partial charge in [-0.25, -0.2) is 0 Å². The summed E-state index contributed by atoms with van der Waals surface area (Å²) in [5.41, 5.74) is 1.46. The molecule has 6 nitrogen and oxygen atoms in total. The fraction of sp³-hybridized carbons (Fsp3) is 0.333. The van der Waals surface area contributed by atoms with E-state index in [2.05, 4.69) is 10.6 Å². The average Bonchev–Trinajstić information content (AvgIpc) is 2.68. The van der Waals surface area contributed by atoms with Crippen molar-refractivity contribution >= 4 is 17.5 Å². The van der Waals surface area contributed by atoms with Gasteiger partial charge in [-0.1, -0.05) is 25.1 Å². The van der Waals surface area contributed by atoms with Gasteiger partial charge in [-0.15, -0.1) is 0 Å². The summed E-state index contributed by atoms with van der Waals surface area (Å²) >= 11 is 0. The number of hydrogen-bond donors (Lipinski definition) is 2. The Hall–Kier alpha value is -2.86. The van der Waals surface area contributed by atoms with Gasteiger partial charge in [-0.2, -0.15) is 0 Å². The van der Waals surface area contributed by atoms with Crippen molar-refractivity contribution in [2.24, 2.45) is 0 Å². The summed E-state index contributed by atoms with van der Waals surface area (Å²) in [6.45, 7) is 4.74. The Bertz CT molecular complexity index is 776. The molecule has 0 aliphatic carbocycles. The SMILES string of the molecule is CCC(C)NC(=O)c1cccc(NC(=O)c2ccccc2OCCOC)c1. The number of methoxy groups -OCH3 is 1. The van der Waals surface area contributed by atoms with Crippen LogP contribution in [0.25, 0.3) is 0 Å². The lowest BCUT2D eigenvalue weighted by atomic mass is 10.1. The van der Waals surface area contributed by atoms with E-state index in [0.717, 1.165) is 6.42 Å². The molecule has 0 spiro atoms. The normalized spacial score (nSPS) is 11.5. The van der Waals surface area contributed by atoms with Crippen LogP contribution in [0.1, 0.15) is 41.0 Å². The second kappa shape index (κ2) is 10.3. The van der Waals surface area contributed by atoms with E-state index in [9.17, 15) is 9.59 Å². The first-order chi connectivity index (χ1) is 13.0. The van der Waals surface area contributed by atoms with Crippen molar-refractivity contribution in [1.29, 1.82) is 0 Å². The van der Waals surface area contributed by atoms with Crippen molar-refractivity contribution in [2.75, 3.05) is 25.6 Å². The molecule has 0 saturated carbocycles. The molecule has 0 heterocycles. The van der Waals surface area contributed by atoms with E-state index in [1.54, 1.807) is 55.6 Å². The molecule has 2 aromatic rings. The van der Waals surface area contributed by atoms with Gasteiger partial charge in [0.25, 0.3) is 11.8 Å². The monoisotopic (exact) mass is 370 g/mol. The molecule has 144 valence electrons. The fourth-order valence-corrected chi connectivity index (χ4v) is 2.36. The van der Waals surface area contributed by atoms with Crippen LogP contribution >= 0.6 is 0 Å². The van der Waals surface area contributed by atoms with Crippen LogP contribution in [0.5, 0.6) is 5.75 Å². The standard InChI is InChI=1S/C21H26N2O4/c1-4-15(2)22-20(24)16-8-7-9-17(14-16)23-21(25)18-10-5-6-11-19(18)27-13-12-26-3/h5-11,14-15H,4,12-13H2,1-3H3,(H,22,24)(H,23,25). The highest BCUT2D eigenvalue weighted by atomic mass is 16.5. The Morgan fingerprint density at radius 2 is 1.81 bits per heavy atom. The average molecular weight is 370 g/mol. The van der Waals surface area contributed by atoms with Gasteiger partial charge in [0.05, 0.1) is 12.2 Å². The zero-order valence-electron chi connectivity index (χ0n) is 16.0. The minimum absolute atomic E-state index is 0.0897. The van der Waals surface area contributed by atoms with Crippen LogP contribution < -0.4 is 15.4 Å². The van der Waals surface area contributed by atoms with E-state index in [-0.39, 0.29) is 17.9 Å². The van der Waals surface area contributed by atoms with Crippen molar-refractivity contribution < 1.29 is 19.1 Å². The summed E-state index contributed by atoms with van der Waals surface area (Å²) in [4.78, 5) is 24.9. The lowest BCUT2D eigenvalue weighted by Crippen LogP contribution is -2.31. The van der Waals surface area contributed by atoms with E-state index in [4.69, 9.17) is 9.47 Å². The van der Waals surface area contributed by atoms with Gasteiger partial charge in [0, 0.05) is 24.4 Å². The van der Waals surface area contributed by atoms with Crippen molar-refractivity contribution in [2.45, 2.75) is 26.3 Å². The molecule has 0 saturated heterocycles. The molecule has 0 aromatic heterocycles. The topological polar surface area (TPSA) is 76.7 Å².